The third-order valence-electron chi connectivity index (χ3n) is 2.41. The van der Waals surface area contributed by atoms with Crippen LogP contribution in [0, 0.1) is 5.82 Å². The van der Waals surface area contributed by atoms with Gasteiger partial charge in [-0.25, -0.2) is 4.39 Å². The molecule has 3 rings (SSSR count). The SMILES string of the molecule is Fc1cccc2c1sc1cc(Br)ccc12. The van der Waals surface area contributed by atoms with Crippen LogP contribution in [0.25, 0.3) is 20.2 Å². The Labute approximate surface area is 98.5 Å². The lowest BCUT2D eigenvalue weighted by molar-refractivity contribution is 0.642. The van der Waals surface area contributed by atoms with Gasteiger partial charge in [-0.3, -0.25) is 0 Å². The quantitative estimate of drug-likeness (QED) is 0.546. The van der Waals surface area contributed by atoms with Gasteiger partial charge in [0.05, 0.1) is 4.70 Å². The molecule has 0 spiro atoms. The maximum atomic E-state index is 13.5. The van der Waals surface area contributed by atoms with Gasteiger partial charge < -0.3 is 0 Å². The van der Waals surface area contributed by atoms with Crippen LogP contribution in [-0.2, 0) is 0 Å². The van der Waals surface area contributed by atoms with E-state index in [9.17, 15) is 4.39 Å². The van der Waals surface area contributed by atoms with E-state index in [2.05, 4.69) is 15.9 Å². The van der Waals surface area contributed by atoms with Crippen molar-refractivity contribution in [2.24, 2.45) is 0 Å². The largest absolute Gasteiger partial charge is 0.205 e. The summed E-state index contributed by atoms with van der Waals surface area (Å²) >= 11 is 4.92. The Morgan fingerprint density at radius 3 is 2.80 bits per heavy atom. The molecule has 2 aromatic carbocycles. The summed E-state index contributed by atoms with van der Waals surface area (Å²) in [5.41, 5.74) is 0. The number of fused-ring (bicyclic) bond motifs is 3. The van der Waals surface area contributed by atoms with E-state index in [1.165, 1.54) is 17.4 Å². The number of benzene rings is 2. The van der Waals surface area contributed by atoms with E-state index >= 15 is 0 Å². The van der Waals surface area contributed by atoms with Gasteiger partial charge in [0.1, 0.15) is 5.82 Å². The predicted octanol–water partition coefficient (Wildman–Crippen LogP) is 4.96. The third kappa shape index (κ3) is 1.38. The second kappa shape index (κ2) is 3.29. The molecule has 0 unspecified atom stereocenters. The minimum Gasteiger partial charge on any atom is -0.205 e. The predicted molar refractivity (Wildman–Crippen MR) is 67.0 cm³/mol. The number of hydrogen-bond acceptors (Lipinski definition) is 1. The molecule has 0 saturated heterocycles. The molecule has 1 aromatic heterocycles. The zero-order valence-electron chi connectivity index (χ0n) is 7.63. The maximum Gasteiger partial charge on any atom is 0.141 e. The molecule has 0 radical (unpaired) electrons. The van der Waals surface area contributed by atoms with Crippen LogP contribution in [0.4, 0.5) is 4.39 Å². The Morgan fingerprint density at radius 2 is 1.93 bits per heavy atom. The Kier molecular flexibility index (Phi) is 2.04. The highest BCUT2D eigenvalue weighted by Crippen LogP contribution is 2.36. The Morgan fingerprint density at radius 1 is 1.07 bits per heavy atom. The topological polar surface area (TPSA) is 0 Å². The van der Waals surface area contributed by atoms with E-state index in [0.29, 0.717) is 0 Å². The summed E-state index contributed by atoms with van der Waals surface area (Å²) in [5, 5.41) is 2.13. The molecule has 0 aliphatic heterocycles. The number of hydrogen-bond donors (Lipinski definition) is 0. The van der Waals surface area contributed by atoms with E-state index in [1.807, 2.05) is 24.3 Å². The lowest BCUT2D eigenvalue weighted by Gasteiger charge is -1.92. The highest BCUT2D eigenvalue weighted by Gasteiger charge is 2.08. The second-order valence-electron chi connectivity index (χ2n) is 3.36. The van der Waals surface area contributed by atoms with Gasteiger partial charge in [-0.15, -0.1) is 11.3 Å². The molecule has 0 N–H and O–H groups in total. The fourth-order valence-corrected chi connectivity index (χ4v) is 3.40. The van der Waals surface area contributed by atoms with Gasteiger partial charge in [0, 0.05) is 19.9 Å². The van der Waals surface area contributed by atoms with Crippen molar-refractivity contribution in [2.45, 2.75) is 0 Å². The van der Waals surface area contributed by atoms with E-state index in [-0.39, 0.29) is 5.82 Å². The standard InChI is InChI=1S/C12H6BrFS/c13-7-4-5-8-9-2-1-3-10(14)12(9)15-11(8)6-7/h1-6H. The van der Waals surface area contributed by atoms with E-state index < -0.39 is 0 Å². The molecule has 0 fully saturated rings. The molecule has 0 aliphatic rings. The first-order chi connectivity index (χ1) is 7.25. The first-order valence-corrected chi connectivity index (χ1v) is 6.13. The summed E-state index contributed by atoms with van der Waals surface area (Å²) in [5.74, 6) is -0.134. The van der Waals surface area contributed by atoms with Crippen molar-refractivity contribution >= 4 is 47.4 Å². The van der Waals surface area contributed by atoms with Crippen LogP contribution in [-0.4, -0.2) is 0 Å². The number of halogens is 2. The van der Waals surface area contributed by atoms with E-state index in [4.69, 9.17) is 0 Å². The summed E-state index contributed by atoms with van der Waals surface area (Å²) < 4.78 is 16.4. The van der Waals surface area contributed by atoms with Gasteiger partial charge in [0.2, 0.25) is 0 Å². The molecule has 1 heterocycles. The monoisotopic (exact) mass is 280 g/mol. The number of rotatable bonds is 0. The van der Waals surface area contributed by atoms with Crippen LogP contribution < -0.4 is 0 Å². The van der Waals surface area contributed by atoms with Gasteiger partial charge in [0.15, 0.2) is 0 Å². The summed E-state index contributed by atoms with van der Waals surface area (Å²) in [4.78, 5) is 0. The van der Waals surface area contributed by atoms with Gasteiger partial charge in [0.25, 0.3) is 0 Å². The zero-order chi connectivity index (χ0) is 10.4. The van der Waals surface area contributed by atoms with Crippen molar-refractivity contribution in [3.63, 3.8) is 0 Å². The van der Waals surface area contributed by atoms with Crippen LogP contribution in [0.3, 0.4) is 0 Å². The molecule has 74 valence electrons. The fourth-order valence-electron chi connectivity index (χ4n) is 1.74. The van der Waals surface area contributed by atoms with Gasteiger partial charge in [-0.1, -0.05) is 34.1 Å². The van der Waals surface area contributed by atoms with Crippen molar-refractivity contribution in [3.8, 4) is 0 Å². The zero-order valence-corrected chi connectivity index (χ0v) is 10.0. The van der Waals surface area contributed by atoms with Crippen LogP contribution in [0.15, 0.2) is 40.9 Å². The Balaban J connectivity index is 2.57. The molecule has 0 atom stereocenters. The molecule has 0 saturated carbocycles. The van der Waals surface area contributed by atoms with Gasteiger partial charge in [-0.05, 0) is 18.2 Å². The Bertz CT molecular complexity index is 657. The first kappa shape index (κ1) is 9.31. The molecular formula is C12H6BrFS. The molecule has 3 heteroatoms. The average Bonchev–Trinajstić information content (AvgIpc) is 2.57. The highest BCUT2D eigenvalue weighted by molar-refractivity contribution is 9.10. The second-order valence-corrected chi connectivity index (χ2v) is 5.33. The van der Waals surface area contributed by atoms with Crippen LogP contribution in [0.5, 0.6) is 0 Å². The number of thiophene rings is 1. The van der Waals surface area contributed by atoms with E-state index in [0.717, 1.165) is 24.6 Å². The van der Waals surface area contributed by atoms with Crippen LogP contribution >= 0.6 is 27.3 Å². The maximum absolute atomic E-state index is 13.5. The van der Waals surface area contributed by atoms with Gasteiger partial charge >= 0.3 is 0 Å². The minimum atomic E-state index is -0.134. The van der Waals surface area contributed by atoms with Crippen molar-refractivity contribution in [3.05, 3.63) is 46.7 Å². The molecule has 0 bridgehead atoms. The molecule has 15 heavy (non-hydrogen) atoms. The van der Waals surface area contributed by atoms with Crippen molar-refractivity contribution < 1.29 is 4.39 Å². The average molecular weight is 281 g/mol. The molecule has 0 amide bonds. The third-order valence-corrected chi connectivity index (χ3v) is 4.08. The molecular weight excluding hydrogens is 275 g/mol. The molecule has 0 nitrogen and oxygen atoms in total. The van der Waals surface area contributed by atoms with Crippen LogP contribution in [0.2, 0.25) is 0 Å². The molecule has 0 aliphatic carbocycles. The summed E-state index contributed by atoms with van der Waals surface area (Å²) in [6.45, 7) is 0. The lowest BCUT2D eigenvalue weighted by Crippen LogP contribution is -1.71. The Hall–Kier alpha value is -0.930. The summed E-state index contributed by atoms with van der Waals surface area (Å²) in [6, 6.07) is 11.3. The van der Waals surface area contributed by atoms with Crippen LogP contribution in [0.1, 0.15) is 0 Å². The summed E-state index contributed by atoms with van der Waals surface area (Å²) in [6.07, 6.45) is 0. The fraction of sp³-hybridized carbons (Fsp3) is 0. The first-order valence-electron chi connectivity index (χ1n) is 4.52. The minimum absolute atomic E-state index is 0.134. The highest BCUT2D eigenvalue weighted by atomic mass is 79.9. The normalized spacial score (nSPS) is 11.3. The van der Waals surface area contributed by atoms with Crippen molar-refractivity contribution in [1.29, 1.82) is 0 Å². The summed E-state index contributed by atoms with van der Waals surface area (Å²) in [7, 11) is 0. The van der Waals surface area contributed by atoms with E-state index in [1.54, 1.807) is 6.07 Å². The van der Waals surface area contributed by atoms with Crippen molar-refractivity contribution in [1.82, 2.24) is 0 Å². The van der Waals surface area contributed by atoms with Crippen molar-refractivity contribution in [2.75, 3.05) is 0 Å². The van der Waals surface area contributed by atoms with Gasteiger partial charge in [-0.2, -0.15) is 0 Å². The lowest BCUT2D eigenvalue weighted by atomic mass is 10.1. The smallest absolute Gasteiger partial charge is 0.141 e. The molecule has 3 aromatic rings.